The topological polar surface area (TPSA) is 67.8 Å². The number of phenolic OH excluding ortho intramolecular Hbond substituents is 1. The standard InChI is InChI=1S/C15H15BrN2O/c1-9-11(5-10(7-17)8-18)6-12(15(2,3)4)14(19)13(9)16/h5-6,19H,1-4H3. The van der Waals surface area contributed by atoms with E-state index in [2.05, 4.69) is 15.9 Å². The fourth-order valence-electron chi connectivity index (χ4n) is 1.72. The van der Waals surface area contributed by atoms with Crippen LogP contribution in [-0.4, -0.2) is 5.11 Å². The quantitative estimate of drug-likeness (QED) is 0.789. The molecule has 0 spiro atoms. The molecule has 4 heteroatoms. The fourth-order valence-corrected chi connectivity index (χ4v) is 2.16. The van der Waals surface area contributed by atoms with Crippen molar-refractivity contribution < 1.29 is 5.11 Å². The number of phenols is 1. The molecule has 0 atom stereocenters. The summed E-state index contributed by atoms with van der Waals surface area (Å²) >= 11 is 3.36. The summed E-state index contributed by atoms with van der Waals surface area (Å²) in [5.74, 6) is 0.206. The zero-order valence-corrected chi connectivity index (χ0v) is 13.0. The number of hydrogen-bond acceptors (Lipinski definition) is 3. The van der Waals surface area contributed by atoms with Crippen LogP contribution in [0, 0.1) is 29.6 Å². The predicted octanol–water partition coefficient (Wildman–Crippen LogP) is 4.19. The second-order valence-electron chi connectivity index (χ2n) is 5.33. The molecule has 0 aliphatic rings. The van der Waals surface area contributed by atoms with Crippen LogP contribution < -0.4 is 0 Å². The molecule has 1 rings (SSSR count). The molecule has 0 bridgehead atoms. The van der Waals surface area contributed by atoms with Crippen LogP contribution >= 0.6 is 15.9 Å². The summed E-state index contributed by atoms with van der Waals surface area (Å²) in [5, 5.41) is 27.8. The minimum atomic E-state index is -0.234. The number of halogens is 1. The van der Waals surface area contributed by atoms with Crippen LogP contribution in [0.3, 0.4) is 0 Å². The van der Waals surface area contributed by atoms with Crippen LogP contribution in [-0.2, 0) is 5.41 Å². The smallest absolute Gasteiger partial charge is 0.133 e. The first-order valence-corrected chi connectivity index (χ1v) is 6.56. The lowest BCUT2D eigenvalue weighted by molar-refractivity contribution is 0.443. The van der Waals surface area contributed by atoms with Gasteiger partial charge in [0.25, 0.3) is 0 Å². The Morgan fingerprint density at radius 2 is 1.84 bits per heavy atom. The van der Waals surface area contributed by atoms with Gasteiger partial charge in [-0.25, -0.2) is 0 Å². The largest absolute Gasteiger partial charge is 0.506 e. The van der Waals surface area contributed by atoms with Crippen LogP contribution in [0.1, 0.15) is 37.5 Å². The van der Waals surface area contributed by atoms with E-state index >= 15 is 0 Å². The Labute approximate surface area is 121 Å². The van der Waals surface area contributed by atoms with Crippen molar-refractivity contribution in [3.05, 3.63) is 32.8 Å². The van der Waals surface area contributed by atoms with Gasteiger partial charge in [-0.1, -0.05) is 20.8 Å². The van der Waals surface area contributed by atoms with Crippen molar-refractivity contribution in [1.82, 2.24) is 0 Å². The molecule has 3 nitrogen and oxygen atoms in total. The molecule has 0 unspecified atom stereocenters. The normalized spacial score (nSPS) is 10.5. The molecule has 0 fully saturated rings. The van der Waals surface area contributed by atoms with E-state index < -0.39 is 0 Å². The Balaban J connectivity index is 3.62. The van der Waals surface area contributed by atoms with Crippen LogP contribution in [0.15, 0.2) is 16.1 Å². The zero-order valence-electron chi connectivity index (χ0n) is 11.4. The maximum absolute atomic E-state index is 10.2. The fraction of sp³-hybridized carbons (Fsp3) is 0.333. The SMILES string of the molecule is Cc1c(C=C(C#N)C#N)cc(C(C)(C)C)c(O)c1Br. The van der Waals surface area contributed by atoms with Gasteiger partial charge in [-0.2, -0.15) is 10.5 Å². The highest BCUT2D eigenvalue weighted by Gasteiger charge is 2.22. The third kappa shape index (κ3) is 3.16. The molecule has 0 aromatic heterocycles. The maximum atomic E-state index is 10.2. The van der Waals surface area contributed by atoms with Gasteiger partial charge in [0.15, 0.2) is 0 Å². The van der Waals surface area contributed by atoms with Crippen molar-refractivity contribution in [1.29, 1.82) is 10.5 Å². The molecule has 0 aliphatic heterocycles. The summed E-state index contributed by atoms with van der Waals surface area (Å²) < 4.78 is 0.599. The van der Waals surface area contributed by atoms with Gasteiger partial charge >= 0.3 is 0 Å². The molecule has 1 aromatic rings. The molecule has 1 N–H and O–H groups in total. The van der Waals surface area contributed by atoms with Gasteiger partial charge in [0.05, 0.1) is 4.47 Å². The summed E-state index contributed by atoms with van der Waals surface area (Å²) in [6, 6.07) is 5.51. The van der Waals surface area contributed by atoms with Gasteiger partial charge < -0.3 is 5.11 Å². The van der Waals surface area contributed by atoms with Gasteiger partial charge in [0.1, 0.15) is 23.5 Å². The second kappa shape index (κ2) is 5.47. The maximum Gasteiger partial charge on any atom is 0.133 e. The van der Waals surface area contributed by atoms with Crippen molar-refractivity contribution in [3.63, 3.8) is 0 Å². The third-order valence-electron chi connectivity index (χ3n) is 2.87. The zero-order chi connectivity index (χ0) is 14.8. The number of nitrogens with zero attached hydrogens (tertiary/aromatic N) is 2. The van der Waals surface area contributed by atoms with Crippen molar-refractivity contribution in [2.45, 2.75) is 33.1 Å². The first-order valence-electron chi connectivity index (χ1n) is 5.76. The number of hydrogen-bond donors (Lipinski definition) is 1. The van der Waals surface area contributed by atoms with Gasteiger partial charge in [0, 0.05) is 5.56 Å². The summed E-state index contributed by atoms with van der Waals surface area (Å²) in [7, 11) is 0. The van der Waals surface area contributed by atoms with E-state index in [1.54, 1.807) is 0 Å². The van der Waals surface area contributed by atoms with E-state index in [1.807, 2.05) is 45.9 Å². The summed E-state index contributed by atoms with van der Waals surface area (Å²) in [5.41, 5.74) is 2.13. The molecule has 0 aliphatic carbocycles. The minimum Gasteiger partial charge on any atom is -0.506 e. The predicted molar refractivity (Wildman–Crippen MR) is 78.4 cm³/mol. The lowest BCUT2D eigenvalue weighted by atomic mass is 9.84. The molecular weight excluding hydrogens is 304 g/mol. The summed E-state index contributed by atoms with van der Waals surface area (Å²) in [4.78, 5) is 0. The monoisotopic (exact) mass is 318 g/mol. The third-order valence-corrected chi connectivity index (χ3v) is 3.84. The van der Waals surface area contributed by atoms with Crippen molar-refractivity contribution >= 4 is 22.0 Å². The molecule has 1 aromatic carbocycles. The number of aromatic hydroxyl groups is 1. The molecule has 0 saturated carbocycles. The lowest BCUT2D eigenvalue weighted by Gasteiger charge is -2.23. The average Bonchev–Trinajstić information content (AvgIpc) is 2.34. The highest BCUT2D eigenvalue weighted by Crippen LogP contribution is 2.40. The minimum absolute atomic E-state index is 0.0422. The molecule has 0 heterocycles. The van der Waals surface area contributed by atoms with Gasteiger partial charge in [-0.3, -0.25) is 0 Å². The van der Waals surface area contributed by atoms with E-state index in [0.29, 0.717) is 4.47 Å². The van der Waals surface area contributed by atoms with E-state index in [4.69, 9.17) is 10.5 Å². The van der Waals surface area contributed by atoms with Crippen LogP contribution in [0.4, 0.5) is 0 Å². The van der Waals surface area contributed by atoms with E-state index in [9.17, 15) is 5.11 Å². The first-order chi connectivity index (χ1) is 8.72. The van der Waals surface area contributed by atoms with Crippen molar-refractivity contribution in [2.75, 3.05) is 0 Å². The Hall–Kier alpha value is -1.78. The highest BCUT2D eigenvalue weighted by atomic mass is 79.9. The Morgan fingerprint density at radius 3 is 2.26 bits per heavy atom. The molecule has 0 amide bonds. The van der Waals surface area contributed by atoms with E-state index in [1.165, 1.54) is 6.08 Å². The van der Waals surface area contributed by atoms with Crippen molar-refractivity contribution in [2.24, 2.45) is 0 Å². The number of allylic oxidation sites excluding steroid dienone is 1. The Bertz CT molecular complexity index is 610. The van der Waals surface area contributed by atoms with E-state index in [-0.39, 0.29) is 16.7 Å². The number of nitriles is 2. The molecule has 19 heavy (non-hydrogen) atoms. The van der Waals surface area contributed by atoms with Crippen molar-refractivity contribution in [3.8, 4) is 17.9 Å². The first kappa shape index (κ1) is 15.3. The van der Waals surface area contributed by atoms with Crippen LogP contribution in [0.25, 0.3) is 6.08 Å². The average molecular weight is 319 g/mol. The number of benzene rings is 1. The Kier molecular flexibility index (Phi) is 4.39. The summed E-state index contributed by atoms with van der Waals surface area (Å²) in [6.45, 7) is 7.81. The lowest BCUT2D eigenvalue weighted by Crippen LogP contribution is -2.12. The second-order valence-corrected chi connectivity index (χ2v) is 6.13. The van der Waals surface area contributed by atoms with Gasteiger partial charge in [-0.15, -0.1) is 0 Å². The molecule has 0 saturated heterocycles. The Morgan fingerprint density at radius 1 is 1.32 bits per heavy atom. The van der Waals surface area contributed by atoms with Crippen LogP contribution in [0.5, 0.6) is 5.75 Å². The summed E-state index contributed by atoms with van der Waals surface area (Å²) in [6.07, 6.45) is 1.54. The highest BCUT2D eigenvalue weighted by molar-refractivity contribution is 9.10. The van der Waals surface area contributed by atoms with Crippen LogP contribution in [0.2, 0.25) is 0 Å². The number of rotatable bonds is 1. The van der Waals surface area contributed by atoms with E-state index in [0.717, 1.165) is 16.7 Å². The molecule has 98 valence electrons. The van der Waals surface area contributed by atoms with Gasteiger partial charge in [-0.05, 0) is 51.5 Å². The molecule has 0 radical (unpaired) electrons. The molecular formula is C15H15BrN2O. The van der Waals surface area contributed by atoms with Gasteiger partial charge in [0.2, 0.25) is 0 Å².